The number of aromatic nitrogens is 1. The van der Waals surface area contributed by atoms with Crippen LogP contribution < -0.4 is 0 Å². The molecule has 3 nitrogen and oxygen atoms in total. The summed E-state index contributed by atoms with van der Waals surface area (Å²) in [7, 11) is 0. The largest absolute Gasteiger partial charge is 0.441 e. The van der Waals surface area contributed by atoms with Crippen molar-refractivity contribution in [3.8, 4) is 17.5 Å². The molecule has 0 N–H and O–H groups in total. The topological polar surface area (TPSA) is 49.8 Å². The molecule has 0 aliphatic rings. The first-order valence-corrected chi connectivity index (χ1v) is 5.17. The van der Waals surface area contributed by atoms with Gasteiger partial charge in [-0.3, -0.25) is 0 Å². The third kappa shape index (κ3) is 2.07. The number of halogens is 1. The van der Waals surface area contributed by atoms with Gasteiger partial charge in [-0.2, -0.15) is 5.26 Å². The first-order chi connectivity index (χ1) is 7.70. The van der Waals surface area contributed by atoms with Crippen LogP contribution in [0.2, 0.25) is 5.02 Å². The average Bonchev–Trinajstić information content (AvgIpc) is 2.62. The van der Waals surface area contributed by atoms with Crippen LogP contribution >= 0.6 is 11.6 Å². The van der Waals surface area contributed by atoms with Crippen LogP contribution in [0.25, 0.3) is 11.5 Å². The van der Waals surface area contributed by atoms with Gasteiger partial charge in [-0.25, -0.2) is 4.98 Å². The summed E-state index contributed by atoms with van der Waals surface area (Å²) in [6.07, 6.45) is 0.267. The summed E-state index contributed by atoms with van der Waals surface area (Å²) in [6.45, 7) is 1.80. The summed E-state index contributed by atoms with van der Waals surface area (Å²) in [6, 6.07) is 9.29. The molecule has 4 heteroatoms. The Morgan fingerprint density at radius 1 is 1.38 bits per heavy atom. The zero-order chi connectivity index (χ0) is 11.5. The second-order valence-electron chi connectivity index (χ2n) is 3.36. The molecule has 0 aliphatic heterocycles. The van der Waals surface area contributed by atoms with Gasteiger partial charge in [-0.05, 0) is 31.2 Å². The summed E-state index contributed by atoms with van der Waals surface area (Å²) in [5, 5.41) is 9.28. The van der Waals surface area contributed by atoms with Crippen LogP contribution in [-0.4, -0.2) is 4.98 Å². The van der Waals surface area contributed by atoms with E-state index in [1.54, 1.807) is 19.1 Å². The van der Waals surface area contributed by atoms with Gasteiger partial charge in [0.15, 0.2) is 0 Å². The van der Waals surface area contributed by atoms with Crippen LogP contribution in [0.15, 0.2) is 28.7 Å². The molecule has 0 amide bonds. The van der Waals surface area contributed by atoms with Crippen LogP contribution in [0.3, 0.4) is 0 Å². The molecule has 0 saturated heterocycles. The lowest BCUT2D eigenvalue weighted by molar-refractivity contribution is 0.540. The highest BCUT2D eigenvalue weighted by Gasteiger charge is 2.10. The molecule has 1 aromatic carbocycles. The van der Waals surface area contributed by atoms with Gasteiger partial charge < -0.3 is 4.42 Å². The zero-order valence-electron chi connectivity index (χ0n) is 8.70. The van der Waals surface area contributed by atoms with Crippen molar-refractivity contribution in [2.75, 3.05) is 0 Å². The number of oxazole rings is 1. The molecule has 2 aromatic rings. The maximum absolute atomic E-state index is 8.61. The minimum atomic E-state index is 0.267. The van der Waals surface area contributed by atoms with Gasteiger partial charge in [0.05, 0.1) is 18.2 Å². The van der Waals surface area contributed by atoms with Crippen molar-refractivity contribution in [3.63, 3.8) is 0 Å². The van der Waals surface area contributed by atoms with E-state index in [0.717, 1.165) is 5.56 Å². The van der Waals surface area contributed by atoms with Crippen molar-refractivity contribution in [2.24, 2.45) is 0 Å². The predicted molar refractivity (Wildman–Crippen MR) is 61.0 cm³/mol. The van der Waals surface area contributed by atoms with E-state index in [-0.39, 0.29) is 6.42 Å². The molecule has 80 valence electrons. The monoisotopic (exact) mass is 232 g/mol. The highest BCUT2D eigenvalue weighted by molar-refractivity contribution is 6.30. The molecule has 1 heterocycles. The van der Waals surface area contributed by atoms with Gasteiger partial charge in [0.25, 0.3) is 0 Å². The van der Waals surface area contributed by atoms with Gasteiger partial charge in [-0.1, -0.05) is 11.6 Å². The first-order valence-electron chi connectivity index (χ1n) is 4.80. The minimum absolute atomic E-state index is 0.267. The van der Waals surface area contributed by atoms with E-state index in [2.05, 4.69) is 11.1 Å². The number of hydrogen-bond donors (Lipinski definition) is 0. The van der Waals surface area contributed by atoms with Crippen LogP contribution in [0, 0.1) is 18.3 Å². The Kier molecular flexibility index (Phi) is 2.93. The van der Waals surface area contributed by atoms with E-state index in [4.69, 9.17) is 21.3 Å². The highest BCUT2D eigenvalue weighted by Crippen LogP contribution is 2.23. The maximum atomic E-state index is 8.61. The Balaban J connectivity index is 2.38. The van der Waals surface area contributed by atoms with Crippen LogP contribution in [0.5, 0.6) is 0 Å². The third-order valence-electron chi connectivity index (χ3n) is 2.23. The van der Waals surface area contributed by atoms with E-state index in [1.807, 2.05) is 12.1 Å². The van der Waals surface area contributed by atoms with Crippen LogP contribution in [0.1, 0.15) is 11.5 Å². The van der Waals surface area contributed by atoms with E-state index in [9.17, 15) is 0 Å². The Hall–Kier alpha value is -1.79. The number of nitrogens with zero attached hydrogens (tertiary/aromatic N) is 2. The third-order valence-corrected chi connectivity index (χ3v) is 2.48. The van der Waals surface area contributed by atoms with Crippen molar-refractivity contribution in [2.45, 2.75) is 13.3 Å². The number of aryl methyl sites for hydroxylation is 1. The molecule has 0 bridgehead atoms. The number of hydrogen-bond acceptors (Lipinski definition) is 3. The molecule has 0 radical (unpaired) electrons. The summed E-state index contributed by atoms with van der Waals surface area (Å²) >= 11 is 5.79. The van der Waals surface area contributed by atoms with Crippen molar-refractivity contribution < 1.29 is 4.42 Å². The van der Waals surface area contributed by atoms with Gasteiger partial charge in [0.2, 0.25) is 5.89 Å². The molecular weight excluding hydrogens is 224 g/mol. The van der Waals surface area contributed by atoms with E-state index < -0.39 is 0 Å². The molecule has 16 heavy (non-hydrogen) atoms. The SMILES string of the molecule is Cc1oc(-c2ccc(Cl)cc2)nc1CC#N. The van der Waals surface area contributed by atoms with Gasteiger partial charge >= 0.3 is 0 Å². The van der Waals surface area contributed by atoms with Crippen molar-refractivity contribution >= 4 is 11.6 Å². The van der Waals surface area contributed by atoms with Gasteiger partial charge in [0, 0.05) is 10.6 Å². The first kappa shape index (κ1) is 10.7. The molecule has 0 aliphatic carbocycles. The minimum Gasteiger partial charge on any atom is -0.441 e. The molecule has 0 atom stereocenters. The molecule has 0 fully saturated rings. The summed E-state index contributed by atoms with van der Waals surface area (Å²) in [5.41, 5.74) is 1.55. The van der Waals surface area contributed by atoms with Crippen LogP contribution in [-0.2, 0) is 6.42 Å². The molecule has 0 saturated carbocycles. The predicted octanol–water partition coefficient (Wildman–Crippen LogP) is 3.37. The number of nitriles is 1. The normalized spacial score (nSPS) is 10.1. The summed E-state index contributed by atoms with van der Waals surface area (Å²) in [5.74, 6) is 1.21. The second-order valence-corrected chi connectivity index (χ2v) is 3.80. The van der Waals surface area contributed by atoms with E-state index in [0.29, 0.717) is 22.4 Å². The Bertz CT molecular complexity index is 537. The van der Waals surface area contributed by atoms with Crippen LogP contribution in [0.4, 0.5) is 0 Å². The fraction of sp³-hybridized carbons (Fsp3) is 0.167. The summed E-state index contributed by atoms with van der Waals surface area (Å²) < 4.78 is 5.49. The van der Waals surface area contributed by atoms with Crippen molar-refractivity contribution in [1.29, 1.82) is 5.26 Å². The lowest BCUT2D eigenvalue weighted by atomic mass is 10.2. The Labute approximate surface area is 98.3 Å². The second kappa shape index (κ2) is 4.38. The van der Waals surface area contributed by atoms with Crippen molar-refractivity contribution in [3.05, 3.63) is 40.7 Å². The Morgan fingerprint density at radius 2 is 2.06 bits per heavy atom. The molecule has 1 aromatic heterocycles. The fourth-order valence-corrected chi connectivity index (χ4v) is 1.51. The quantitative estimate of drug-likeness (QED) is 0.798. The maximum Gasteiger partial charge on any atom is 0.226 e. The lowest BCUT2D eigenvalue weighted by Gasteiger charge is -1.94. The average molecular weight is 233 g/mol. The molecular formula is C12H9ClN2O. The summed E-state index contributed by atoms with van der Waals surface area (Å²) in [4.78, 5) is 4.27. The Morgan fingerprint density at radius 3 is 2.69 bits per heavy atom. The molecule has 2 rings (SSSR count). The molecule has 0 unspecified atom stereocenters. The van der Waals surface area contributed by atoms with Crippen molar-refractivity contribution in [1.82, 2.24) is 4.98 Å². The van der Waals surface area contributed by atoms with E-state index in [1.165, 1.54) is 0 Å². The zero-order valence-corrected chi connectivity index (χ0v) is 9.45. The highest BCUT2D eigenvalue weighted by atomic mass is 35.5. The number of benzene rings is 1. The number of rotatable bonds is 2. The smallest absolute Gasteiger partial charge is 0.226 e. The molecule has 0 spiro atoms. The fourth-order valence-electron chi connectivity index (χ4n) is 1.38. The van der Waals surface area contributed by atoms with Gasteiger partial charge in [-0.15, -0.1) is 0 Å². The standard InChI is InChI=1S/C12H9ClN2O/c1-8-11(6-7-14)15-12(16-8)9-2-4-10(13)5-3-9/h2-5H,6H2,1H3. The lowest BCUT2D eigenvalue weighted by Crippen LogP contribution is -1.84. The van der Waals surface area contributed by atoms with Gasteiger partial charge in [0.1, 0.15) is 5.76 Å². The van der Waals surface area contributed by atoms with E-state index >= 15 is 0 Å².